The van der Waals surface area contributed by atoms with E-state index in [2.05, 4.69) is 30.0 Å². The first-order valence-electron chi connectivity index (χ1n) is 11.1. The predicted octanol–water partition coefficient (Wildman–Crippen LogP) is 5.23. The molecule has 0 fully saturated rings. The number of alkyl halides is 3. The molecule has 2 aromatic carbocycles. The van der Waals surface area contributed by atoms with E-state index in [0.717, 1.165) is 17.6 Å². The fourth-order valence-corrected chi connectivity index (χ4v) is 3.85. The number of hydrogen-bond acceptors (Lipinski definition) is 9. The van der Waals surface area contributed by atoms with Crippen molar-refractivity contribution in [3.8, 4) is 11.4 Å². The molecule has 4 aromatic rings. The number of aromatic nitrogens is 4. The number of ether oxygens (including phenoxy) is 1. The molecule has 0 radical (unpaired) electrons. The van der Waals surface area contributed by atoms with Gasteiger partial charge < -0.3 is 15.0 Å². The number of carbonyl (C=O) groups is 1. The highest BCUT2D eigenvalue weighted by Crippen LogP contribution is 2.34. The average molecular weight is 548 g/mol. The molecule has 1 amide bonds. The molecule has 0 spiro atoms. The molecule has 0 aliphatic heterocycles. The molecule has 4 rings (SSSR count). The summed E-state index contributed by atoms with van der Waals surface area (Å²) in [4.78, 5) is 27.1. The maximum atomic E-state index is 13.6. The van der Waals surface area contributed by atoms with Crippen molar-refractivity contribution in [2.75, 3.05) is 42.8 Å². The molecule has 0 aliphatic rings. The lowest BCUT2D eigenvalue weighted by atomic mass is 10.1. The monoisotopic (exact) mass is 547 g/mol. The van der Waals surface area contributed by atoms with Crippen LogP contribution in [0.2, 0.25) is 0 Å². The van der Waals surface area contributed by atoms with Crippen molar-refractivity contribution in [1.82, 2.24) is 19.3 Å². The van der Waals surface area contributed by atoms with E-state index in [0.29, 0.717) is 48.2 Å². The van der Waals surface area contributed by atoms with Gasteiger partial charge in [-0.15, -0.1) is 0 Å². The van der Waals surface area contributed by atoms with Gasteiger partial charge in [0.05, 0.1) is 12.2 Å². The smallest absolute Gasteiger partial charge is 0.383 e. The summed E-state index contributed by atoms with van der Waals surface area (Å²) >= 11 is 0.792. The number of nitrogens with zero attached hydrogens (tertiary/aromatic N) is 5. The SMILES string of the molecule is COCCN(C)c1cc(Nc2ccc(C(=O)Nc3nc(-c4ccc(F)c(C(F)(F)F)c4)ns3)cc2)ncn1. The molecule has 38 heavy (non-hydrogen) atoms. The third-order valence-corrected chi connectivity index (χ3v) is 5.90. The van der Waals surface area contributed by atoms with Gasteiger partial charge >= 0.3 is 6.18 Å². The Morgan fingerprint density at radius 2 is 1.87 bits per heavy atom. The molecule has 9 nitrogen and oxygen atoms in total. The van der Waals surface area contributed by atoms with Gasteiger partial charge in [0.25, 0.3) is 5.91 Å². The Hall–Kier alpha value is -4.17. The molecule has 14 heteroatoms. The zero-order chi connectivity index (χ0) is 27.3. The summed E-state index contributed by atoms with van der Waals surface area (Å²) < 4.78 is 61.6. The molecule has 0 aliphatic carbocycles. The van der Waals surface area contributed by atoms with Crippen molar-refractivity contribution in [3.63, 3.8) is 0 Å². The summed E-state index contributed by atoms with van der Waals surface area (Å²) in [5.74, 6) is -0.669. The standard InChI is InChI=1S/C24H21F4N7O2S/c1-35(9-10-37-2)20-12-19(29-13-30-20)31-16-6-3-14(4-7-16)22(36)33-23-32-21(34-38-23)15-5-8-18(25)17(11-15)24(26,27)28/h3-8,11-13H,9-10H2,1-2H3,(H,29,30,31)(H,32,33,34,36). The van der Waals surface area contributed by atoms with E-state index in [1.807, 2.05) is 11.9 Å². The Bertz CT molecular complexity index is 1410. The van der Waals surface area contributed by atoms with Crippen LogP contribution in [0, 0.1) is 5.82 Å². The van der Waals surface area contributed by atoms with Gasteiger partial charge in [0.1, 0.15) is 23.8 Å². The zero-order valence-corrected chi connectivity index (χ0v) is 20.9. The van der Waals surface area contributed by atoms with Crippen molar-refractivity contribution in [2.24, 2.45) is 0 Å². The summed E-state index contributed by atoms with van der Waals surface area (Å²) in [6.07, 6.45) is -3.42. The van der Waals surface area contributed by atoms with Crippen LogP contribution in [0.15, 0.2) is 54.9 Å². The topological polar surface area (TPSA) is 105 Å². The number of carbonyl (C=O) groups excluding carboxylic acids is 1. The average Bonchev–Trinajstić information content (AvgIpc) is 3.35. The summed E-state index contributed by atoms with van der Waals surface area (Å²) in [5.41, 5.74) is -0.444. The highest BCUT2D eigenvalue weighted by molar-refractivity contribution is 7.10. The Morgan fingerprint density at radius 1 is 1.11 bits per heavy atom. The quantitative estimate of drug-likeness (QED) is 0.275. The molecular weight excluding hydrogens is 526 g/mol. The Kier molecular flexibility index (Phi) is 8.12. The Morgan fingerprint density at radius 3 is 2.58 bits per heavy atom. The minimum Gasteiger partial charge on any atom is -0.383 e. The minimum absolute atomic E-state index is 0.0244. The Labute approximate surface area is 218 Å². The second kappa shape index (κ2) is 11.5. The fourth-order valence-electron chi connectivity index (χ4n) is 3.26. The summed E-state index contributed by atoms with van der Waals surface area (Å²) in [5, 5.41) is 5.79. The molecule has 2 heterocycles. The van der Waals surface area contributed by atoms with E-state index in [1.54, 1.807) is 37.4 Å². The van der Waals surface area contributed by atoms with Gasteiger partial charge in [-0.25, -0.2) is 14.4 Å². The number of amides is 1. The lowest BCUT2D eigenvalue weighted by molar-refractivity contribution is -0.139. The molecule has 0 saturated heterocycles. The van der Waals surface area contributed by atoms with Crippen LogP contribution in [0.4, 0.5) is 40.0 Å². The van der Waals surface area contributed by atoms with E-state index in [1.165, 1.54) is 6.33 Å². The van der Waals surface area contributed by atoms with Crippen LogP contribution in [0.25, 0.3) is 11.4 Å². The maximum Gasteiger partial charge on any atom is 0.419 e. The Balaban J connectivity index is 1.40. The minimum atomic E-state index is -4.86. The van der Waals surface area contributed by atoms with Gasteiger partial charge in [0.2, 0.25) is 5.13 Å². The lowest BCUT2D eigenvalue weighted by Gasteiger charge is -2.18. The van der Waals surface area contributed by atoms with E-state index in [-0.39, 0.29) is 16.5 Å². The highest BCUT2D eigenvalue weighted by atomic mass is 32.1. The van der Waals surface area contributed by atoms with Gasteiger partial charge in [-0.05, 0) is 42.5 Å². The van der Waals surface area contributed by atoms with Crippen LogP contribution in [-0.4, -0.2) is 52.5 Å². The molecular formula is C24H21F4N7O2S. The number of anilines is 4. The number of methoxy groups -OCH3 is 1. The van der Waals surface area contributed by atoms with Crippen LogP contribution in [-0.2, 0) is 10.9 Å². The largest absolute Gasteiger partial charge is 0.419 e. The molecule has 2 aromatic heterocycles. The molecule has 2 N–H and O–H groups in total. The van der Waals surface area contributed by atoms with Crippen LogP contribution in [0.1, 0.15) is 15.9 Å². The van der Waals surface area contributed by atoms with E-state index >= 15 is 0 Å². The van der Waals surface area contributed by atoms with Crippen LogP contribution >= 0.6 is 11.5 Å². The normalized spacial score (nSPS) is 11.3. The summed E-state index contributed by atoms with van der Waals surface area (Å²) in [6, 6.07) is 10.8. The molecule has 0 saturated carbocycles. The van der Waals surface area contributed by atoms with Gasteiger partial charge in [-0.2, -0.15) is 22.5 Å². The third kappa shape index (κ3) is 6.58. The van der Waals surface area contributed by atoms with Crippen molar-refractivity contribution in [2.45, 2.75) is 6.18 Å². The van der Waals surface area contributed by atoms with Gasteiger partial charge in [0, 0.05) is 55.1 Å². The number of rotatable bonds is 9. The van der Waals surface area contributed by atoms with Crippen molar-refractivity contribution in [1.29, 1.82) is 0 Å². The first-order valence-corrected chi connectivity index (χ1v) is 11.8. The number of hydrogen-bond donors (Lipinski definition) is 2. The van der Waals surface area contributed by atoms with Gasteiger partial charge in [-0.1, -0.05) is 0 Å². The van der Waals surface area contributed by atoms with E-state index in [9.17, 15) is 22.4 Å². The third-order valence-electron chi connectivity index (χ3n) is 5.27. The summed E-state index contributed by atoms with van der Waals surface area (Å²) in [6.45, 7) is 1.21. The van der Waals surface area contributed by atoms with Crippen molar-refractivity contribution in [3.05, 3.63) is 71.8 Å². The molecule has 0 bridgehead atoms. The second-order valence-corrected chi connectivity index (χ2v) is 8.70. The highest BCUT2D eigenvalue weighted by Gasteiger charge is 2.34. The second-order valence-electron chi connectivity index (χ2n) is 7.95. The first kappa shape index (κ1) is 26.9. The van der Waals surface area contributed by atoms with Gasteiger partial charge in [-0.3, -0.25) is 10.1 Å². The van der Waals surface area contributed by atoms with Crippen LogP contribution in [0.5, 0.6) is 0 Å². The number of halogens is 4. The van der Waals surface area contributed by atoms with Crippen molar-refractivity contribution >= 4 is 39.9 Å². The predicted molar refractivity (Wildman–Crippen MR) is 135 cm³/mol. The number of likely N-dealkylation sites (N-methyl/N-ethyl adjacent to an activating group) is 1. The first-order chi connectivity index (χ1) is 18.1. The fraction of sp³-hybridized carbons (Fsp3) is 0.208. The summed E-state index contributed by atoms with van der Waals surface area (Å²) in [7, 11) is 3.51. The van der Waals surface area contributed by atoms with Gasteiger partial charge in [0.15, 0.2) is 5.82 Å². The number of benzene rings is 2. The zero-order valence-electron chi connectivity index (χ0n) is 20.1. The molecule has 198 valence electrons. The lowest BCUT2D eigenvalue weighted by Crippen LogP contribution is -2.23. The van der Waals surface area contributed by atoms with Crippen LogP contribution < -0.4 is 15.5 Å². The number of nitrogens with one attached hydrogen (secondary N) is 2. The van der Waals surface area contributed by atoms with Crippen LogP contribution in [0.3, 0.4) is 0 Å². The molecule has 0 unspecified atom stereocenters. The van der Waals surface area contributed by atoms with E-state index in [4.69, 9.17) is 4.74 Å². The van der Waals surface area contributed by atoms with Crippen molar-refractivity contribution < 1.29 is 27.1 Å². The molecule has 0 atom stereocenters. The maximum absolute atomic E-state index is 13.6. The van der Waals surface area contributed by atoms with E-state index < -0.39 is 23.5 Å².